The SMILES string of the molecule is Cc1cc(N2CC3CN(C(=O)c4ccccc4C)CC3C2)nc(N2CCCC2)n1. The van der Waals surface area contributed by atoms with Gasteiger partial charge in [0.2, 0.25) is 5.95 Å². The van der Waals surface area contributed by atoms with Crippen molar-refractivity contribution < 1.29 is 4.79 Å². The molecule has 3 aliphatic rings. The number of amides is 1. The molecule has 2 unspecified atom stereocenters. The van der Waals surface area contributed by atoms with Crippen molar-refractivity contribution in [2.75, 3.05) is 49.1 Å². The average molecular weight is 392 g/mol. The zero-order valence-electron chi connectivity index (χ0n) is 17.3. The Labute approximate surface area is 172 Å². The second-order valence-electron chi connectivity index (χ2n) is 8.81. The Morgan fingerprint density at radius 1 is 0.931 bits per heavy atom. The van der Waals surface area contributed by atoms with Crippen LogP contribution in [0.15, 0.2) is 30.3 Å². The highest BCUT2D eigenvalue weighted by Gasteiger charge is 2.42. The number of fused-ring (bicyclic) bond motifs is 1. The summed E-state index contributed by atoms with van der Waals surface area (Å²) in [6.45, 7) is 9.82. The van der Waals surface area contributed by atoms with Gasteiger partial charge < -0.3 is 14.7 Å². The van der Waals surface area contributed by atoms with Crippen LogP contribution in [0.1, 0.15) is 34.5 Å². The highest BCUT2D eigenvalue weighted by Crippen LogP contribution is 2.35. The molecule has 1 aromatic heterocycles. The largest absolute Gasteiger partial charge is 0.356 e. The summed E-state index contributed by atoms with van der Waals surface area (Å²) in [5.41, 5.74) is 2.93. The van der Waals surface area contributed by atoms with Crippen LogP contribution in [0.5, 0.6) is 0 Å². The molecule has 3 aliphatic heterocycles. The Morgan fingerprint density at radius 3 is 2.31 bits per heavy atom. The predicted molar refractivity (Wildman–Crippen MR) is 114 cm³/mol. The van der Waals surface area contributed by atoms with E-state index < -0.39 is 0 Å². The molecule has 4 heterocycles. The predicted octanol–water partition coefficient (Wildman–Crippen LogP) is 2.90. The molecule has 0 spiro atoms. The molecule has 29 heavy (non-hydrogen) atoms. The molecule has 6 nitrogen and oxygen atoms in total. The van der Waals surface area contributed by atoms with E-state index >= 15 is 0 Å². The van der Waals surface area contributed by atoms with Crippen LogP contribution in [0.3, 0.4) is 0 Å². The van der Waals surface area contributed by atoms with E-state index in [0.717, 1.165) is 67.9 Å². The molecule has 152 valence electrons. The van der Waals surface area contributed by atoms with Crippen LogP contribution >= 0.6 is 0 Å². The van der Waals surface area contributed by atoms with Crippen LogP contribution in [0.4, 0.5) is 11.8 Å². The van der Waals surface area contributed by atoms with Crippen molar-refractivity contribution in [2.45, 2.75) is 26.7 Å². The van der Waals surface area contributed by atoms with E-state index in [-0.39, 0.29) is 5.91 Å². The van der Waals surface area contributed by atoms with Gasteiger partial charge in [-0.1, -0.05) is 18.2 Å². The third-order valence-corrected chi connectivity index (χ3v) is 6.69. The van der Waals surface area contributed by atoms with E-state index in [2.05, 4.69) is 32.7 Å². The Morgan fingerprint density at radius 2 is 1.62 bits per heavy atom. The van der Waals surface area contributed by atoms with Gasteiger partial charge in [0.1, 0.15) is 5.82 Å². The second kappa shape index (κ2) is 7.32. The van der Waals surface area contributed by atoms with Crippen molar-refractivity contribution in [3.63, 3.8) is 0 Å². The minimum atomic E-state index is 0.179. The van der Waals surface area contributed by atoms with Crippen LogP contribution in [-0.4, -0.2) is 60.0 Å². The molecule has 1 aromatic carbocycles. The number of likely N-dealkylation sites (tertiary alicyclic amines) is 1. The Bertz CT molecular complexity index is 909. The number of rotatable bonds is 3. The molecule has 0 bridgehead atoms. The van der Waals surface area contributed by atoms with Crippen molar-refractivity contribution in [1.29, 1.82) is 0 Å². The number of hydrogen-bond acceptors (Lipinski definition) is 5. The van der Waals surface area contributed by atoms with Gasteiger partial charge in [-0.3, -0.25) is 4.79 Å². The molecule has 2 atom stereocenters. The maximum atomic E-state index is 13.0. The number of carbonyl (C=O) groups excluding carboxylic acids is 1. The Balaban J connectivity index is 1.28. The number of nitrogens with zero attached hydrogens (tertiary/aromatic N) is 5. The highest BCUT2D eigenvalue weighted by atomic mass is 16.2. The van der Waals surface area contributed by atoms with Gasteiger partial charge in [-0.15, -0.1) is 0 Å². The lowest BCUT2D eigenvalue weighted by Crippen LogP contribution is -2.34. The first-order chi connectivity index (χ1) is 14.1. The van der Waals surface area contributed by atoms with Gasteiger partial charge in [-0.2, -0.15) is 4.98 Å². The second-order valence-corrected chi connectivity index (χ2v) is 8.81. The number of aryl methyl sites for hydroxylation is 2. The summed E-state index contributed by atoms with van der Waals surface area (Å²) >= 11 is 0. The van der Waals surface area contributed by atoms with Gasteiger partial charge in [0, 0.05) is 68.4 Å². The topological polar surface area (TPSA) is 52.6 Å². The molecular weight excluding hydrogens is 362 g/mol. The van der Waals surface area contributed by atoms with Gasteiger partial charge in [0.25, 0.3) is 5.91 Å². The monoisotopic (exact) mass is 391 g/mol. The molecule has 0 radical (unpaired) electrons. The van der Waals surface area contributed by atoms with E-state index in [1.807, 2.05) is 31.2 Å². The zero-order valence-corrected chi connectivity index (χ0v) is 17.3. The van der Waals surface area contributed by atoms with Crippen molar-refractivity contribution in [3.8, 4) is 0 Å². The van der Waals surface area contributed by atoms with Gasteiger partial charge in [-0.05, 0) is 38.3 Å². The first kappa shape index (κ1) is 18.4. The molecule has 0 aliphatic carbocycles. The number of benzene rings is 1. The lowest BCUT2D eigenvalue weighted by atomic mass is 10.0. The minimum Gasteiger partial charge on any atom is -0.356 e. The number of anilines is 2. The number of hydrogen-bond donors (Lipinski definition) is 0. The molecule has 0 saturated carbocycles. The van der Waals surface area contributed by atoms with E-state index in [1.165, 1.54) is 12.8 Å². The molecule has 3 fully saturated rings. The summed E-state index contributed by atoms with van der Waals surface area (Å²) in [6.07, 6.45) is 2.45. The molecular formula is C23H29N5O. The van der Waals surface area contributed by atoms with E-state index in [9.17, 15) is 4.79 Å². The summed E-state index contributed by atoms with van der Waals surface area (Å²) in [5.74, 6) is 3.15. The normalized spacial score (nSPS) is 23.7. The van der Waals surface area contributed by atoms with E-state index in [0.29, 0.717) is 11.8 Å². The van der Waals surface area contributed by atoms with Gasteiger partial charge in [0.15, 0.2) is 0 Å². The molecule has 2 aromatic rings. The fourth-order valence-corrected chi connectivity index (χ4v) is 5.09. The van der Waals surface area contributed by atoms with Crippen molar-refractivity contribution in [3.05, 3.63) is 47.2 Å². The van der Waals surface area contributed by atoms with Crippen molar-refractivity contribution in [1.82, 2.24) is 14.9 Å². The first-order valence-corrected chi connectivity index (χ1v) is 10.8. The average Bonchev–Trinajstić information content (AvgIpc) is 3.43. The zero-order chi connectivity index (χ0) is 20.0. The van der Waals surface area contributed by atoms with E-state index in [1.54, 1.807) is 0 Å². The summed E-state index contributed by atoms with van der Waals surface area (Å²) in [6, 6.07) is 10.0. The van der Waals surface area contributed by atoms with Crippen LogP contribution in [0, 0.1) is 25.7 Å². The number of aromatic nitrogens is 2. The standard InChI is InChI=1S/C23H29N5O/c1-16-7-3-4-8-20(16)22(29)28-14-18-12-27(13-19(18)15-28)21-11-17(2)24-23(25-21)26-9-5-6-10-26/h3-4,7-8,11,18-19H,5-6,9-10,12-15H2,1-2H3. The fraction of sp³-hybridized carbons (Fsp3) is 0.522. The third-order valence-electron chi connectivity index (χ3n) is 6.69. The first-order valence-electron chi connectivity index (χ1n) is 10.8. The molecule has 6 heteroatoms. The summed E-state index contributed by atoms with van der Waals surface area (Å²) in [5, 5.41) is 0. The maximum absolute atomic E-state index is 13.0. The maximum Gasteiger partial charge on any atom is 0.254 e. The van der Waals surface area contributed by atoms with Gasteiger partial charge >= 0.3 is 0 Å². The summed E-state index contributed by atoms with van der Waals surface area (Å²) in [7, 11) is 0. The minimum absolute atomic E-state index is 0.179. The van der Waals surface area contributed by atoms with Crippen molar-refractivity contribution >= 4 is 17.7 Å². The van der Waals surface area contributed by atoms with Gasteiger partial charge in [0.05, 0.1) is 0 Å². The molecule has 5 rings (SSSR count). The molecule has 1 amide bonds. The Hall–Kier alpha value is -2.63. The van der Waals surface area contributed by atoms with Crippen molar-refractivity contribution in [2.24, 2.45) is 11.8 Å². The smallest absolute Gasteiger partial charge is 0.254 e. The highest BCUT2D eigenvalue weighted by molar-refractivity contribution is 5.95. The lowest BCUT2D eigenvalue weighted by Gasteiger charge is -2.24. The summed E-state index contributed by atoms with van der Waals surface area (Å²) < 4.78 is 0. The molecule has 0 N–H and O–H groups in total. The third kappa shape index (κ3) is 3.45. The van der Waals surface area contributed by atoms with Crippen LogP contribution in [0.25, 0.3) is 0 Å². The van der Waals surface area contributed by atoms with E-state index in [4.69, 9.17) is 4.98 Å². The van der Waals surface area contributed by atoms with Crippen LogP contribution in [0.2, 0.25) is 0 Å². The van der Waals surface area contributed by atoms with Gasteiger partial charge in [-0.25, -0.2) is 4.98 Å². The number of carbonyl (C=O) groups is 1. The lowest BCUT2D eigenvalue weighted by molar-refractivity contribution is 0.0782. The van der Waals surface area contributed by atoms with Crippen LogP contribution in [-0.2, 0) is 0 Å². The van der Waals surface area contributed by atoms with Crippen LogP contribution < -0.4 is 9.80 Å². The quantitative estimate of drug-likeness (QED) is 0.805. The fourth-order valence-electron chi connectivity index (χ4n) is 5.09. The molecule has 3 saturated heterocycles. The Kier molecular flexibility index (Phi) is 4.64. The summed E-state index contributed by atoms with van der Waals surface area (Å²) in [4.78, 5) is 29.3.